The lowest BCUT2D eigenvalue weighted by Crippen LogP contribution is -2.28. The van der Waals surface area contributed by atoms with Gasteiger partial charge in [-0.05, 0) is 30.7 Å². The van der Waals surface area contributed by atoms with Gasteiger partial charge in [0, 0.05) is 6.54 Å². The number of nitrogens with zero attached hydrogens (tertiary/aromatic N) is 1. The van der Waals surface area contributed by atoms with Gasteiger partial charge in [-0.2, -0.15) is 0 Å². The van der Waals surface area contributed by atoms with Gasteiger partial charge in [-0.15, -0.1) is 0 Å². The molecule has 0 saturated heterocycles. The van der Waals surface area contributed by atoms with Crippen LogP contribution in [0.25, 0.3) is 0 Å². The second-order valence-corrected chi connectivity index (χ2v) is 3.88. The fourth-order valence-corrected chi connectivity index (χ4v) is 2.02. The van der Waals surface area contributed by atoms with E-state index in [0.29, 0.717) is 0 Å². The van der Waals surface area contributed by atoms with Gasteiger partial charge in [-0.1, -0.05) is 46.1 Å². The zero-order valence-electron chi connectivity index (χ0n) is 12.1. The molecule has 0 amide bonds. The van der Waals surface area contributed by atoms with E-state index in [1.165, 1.54) is 0 Å². The summed E-state index contributed by atoms with van der Waals surface area (Å²) in [4.78, 5) is 2.23. The van der Waals surface area contributed by atoms with E-state index in [1.54, 1.807) is 6.08 Å². The summed E-state index contributed by atoms with van der Waals surface area (Å²) in [6, 6.07) is 8.03. The van der Waals surface area contributed by atoms with Gasteiger partial charge in [0.15, 0.2) is 11.5 Å². The first kappa shape index (κ1) is 15.1. The molecule has 0 unspecified atom stereocenters. The summed E-state index contributed by atoms with van der Waals surface area (Å²) in [5, 5.41) is 0. The molecule has 0 atom stereocenters. The van der Waals surface area contributed by atoms with Crippen LogP contribution in [-0.2, 0) is 0 Å². The molecule has 0 bridgehead atoms. The SMILES string of the molecule is C=CC1=C(C=C)N(CCC)c2ccccc2O1.CC. The number of anilines is 1. The molecule has 0 N–H and O–H groups in total. The molecule has 19 heavy (non-hydrogen) atoms. The molecular formula is C17H23NO. The lowest BCUT2D eigenvalue weighted by Gasteiger charge is -2.32. The fourth-order valence-electron chi connectivity index (χ4n) is 2.02. The Kier molecular flexibility index (Phi) is 5.94. The summed E-state index contributed by atoms with van der Waals surface area (Å²) in [5.41, 5.74) is 2.08. The minimum absolute atomic E-state index is 0.771. The van der Waals surface area contributed by atoms with Crippen LogP contribution in [0.15, 0.2) is 61.0 Å². The van der Waals surface area contributed by atoms with Gasteiger partial charge in [-0.3, -0.25) is 0 Å². The summed E-state index contributed by atoms with van der Waals surface area (Å²) in [6.45, 7) is 14.8. The first-order chi connectivity index (χ1) is 9.31. The second-order valence-electron chi connectivity index (χ2n) is 3.88. The zero-order chi connectivity index (χ0) is 14.3. The highest BCUT2D eigenvalue weighted by Gasteiger charge is 2.22. The first-order valence-electron chi connectivity index (χ1n) is 6.85. The second kappa shape index (κ2) is 7.47. The maximum atomic E-state index is 5.81. The molecule has 1 aromatic carbocycles. The third-order valence-corrected chi connectivity index (χ3v) is 2.75. The van der Waals surface area contributed by atoms with Crippen molar-refractivity contribution in [2.75, 3.05) is 11.4 Å². The van der Waals surface area contributed by atoms with Crippen LogP contribution in [-0.4, -0.2) is 6.54 Å². The fraction of sp³-hybridized carbons (Fsp3) is 0.294. The van der Waals surface area contributed by atoms with Crippen molar-refractivity contribution in [2.45, 2.75) is 27.2 Å². The quantitative estimate of drug-likeness (QED) is 0.760. The van der Waals surface area contributed by atoms with Gasteiger partial charge in [0.2, 0.25) is 0 Å². The van der Waals surface area contributed by atoms with E-state index in [1.807, 2.05) is 38.1 Å². The summed E-state index contributed by atoms with van der Waals surface area (Å²) >= 11 is 0. The first-order valence-corrected chi connectivity index (χ1v) is 6.85. The average molecular weight is 257 g/mol. The summed E-state index contributed by atoms with van der Waals surface area (Å²) in [5.74, 6) is 1.65. The standard InChI is InChI=1S/C15H17NO.C2H6/c1-4-11-16-12(5-2)14(6-3)17-15-10-8-7-9-13(15)16;1-2/h5-10H,2-4,11H2,1H3;1-2H3. The molecule has 0 aromatic heterocycles. The van der Waals surface area contributed by atoms with Crippen LogP contribution < -0.4 is 9.64 Å². The van der Waals surface area contributed by atoms with Crippen molar-refractivity contribution in [3.8, 4) is 5.75 Å². The van der Waals surface area contributed by atoms with Crippen molar-refractivity contribution >= 4 is 5.69 Å². The highest BCUT2D eigenvalue weighted by Crippen LogP contribution is 2.37. The lowest BCUT2D eigenvalue weighted by molar-refractivity contribution is 0.427. The Morgan fingerprint density at radius 3 is 2.42 bits per heavy atom. The molecule has 0 radical (unpaired) electrons. The molecule has 0 saturated carbocycles. The number of para-hydroxylation sites is 2. The van der Waals surface area contributed by atoms with E-state index in [2.05, 4.69) is 31.0 Å². The van der Waals surface area contributed by atoms with E-state index >= 15 is 0 Å². The Hall–Kier alpha value is -1.96. The predicted molar refractivity (Wildman–Crippen MR) is 83.5 cm³/mol. The number of hydrogen-bond donors (Lipinski definition) is 0. The van der Waals surface area contributed by atoms with Crippen LogP contribution in [0.2, 0.25) is 0 Å². The van der Waals surface area contributed by atoms with E-state index < -0.39 is 0 Å². The number of ether oxygens (including phenoxy) is 1. The Morgan fingerprint density at radius 2 is 1.84 bits per heavy atom. The van der Waals surface area contributed by atoms with Crippen molar-refractivity contribution in [3.05, 3.63) is 61.0 Å². The molecule has 102 valence electrons. The van der Waals surface area contributed by atoms with Crippen LogP contribution in [0.3, 0.4) is 0 Å². The van der Waals surface area contributed by atoms with E-state index in [-0.39, 0.29) is 0 Å². The van der Waals surface area contributed by atoms with Gasteiger partial charge in [0.25, 0.3) is 0 Å². The molecular weight excluding hydrogens is 234 g/mol. The number of allylic oxidation sites excluding steroid dienone is 2. The number of fused-ring (bicyclic) bond motifs is 1. The number of rotatable bonds is 4. The Bertz CT molecular complexity index is 474. The third kappa shape index (κ3) is 3.08. The van der Waals surface area contributed by atoms with Crippen LogP contribution in [0.4, 0.5) is 5.69 Å². The van der Waals surface area contributed by atoms with E-state index in [9.17, 15) is 0 Å². The van der Waals surface area contributed by atoms with Crippen LogP contribution in [0.1, 0.15) is 27.2 Å². The molecule has 1 aromatic rings. The van der Waals surface area contributed by atoms with Gasteiger partial charge < -0.3 is 9.64 Å². The van der Waals surface area contributed by atoms with E-state index in [0.717, 1.165) is 35.9 Å². The smallest absolute Gasteiger partial charge is 0.151 e. The molecule has 0 aliphatic carbocycles. The van der Waals surface area contributed by atoms with Crippen LogP contribution >= 0.6 is 0 Å². The highest BCUT2D eigenvalue weighted by atomic mass is 16.5. The topological polar surface area (TPSA) is 12.5 Å². The number of hydrogen-bond acceptors (Lipinski definition) is 2. The van der Waals surface area contributed by atoms with Gasteiger partial charge in [-0.25, -0.2) is 0 Å². The molecule has 2 nitrogen and oxygen atoms in total. The van der Waals surface area contributed by atoms with Crippen molar-refractivity contribution < 1.29 is 4.74 Å². The maximum Gasteiger partial charge on any atom is 0.151 e. The minimum Gasteiger partial charge on any atom is -0.453 e. The Balaban J connectivity index is 0.000000861. The number of benzene rings is 1. The normalized spacial score (nSPS) is 12.9. The summed E-state index contributed by atoms with van der Waals surface area (Å²) < 4.78 is 5.81. The molecule has 1 aliphatic rings. The van der Waals surface area contributed by atoms with E-state index in [4.69, 9.17) is 4.74 Å². The average Bonchev–Trinajstić information content (AvgIpc) is 2.49. The largest absolute Gasteiger partial charge is 0.453 e. The maximum absolute atomic E-state index is 5.81. The Labute approximate surface area is 116 Å². The summed E-state index contributed by atoms with van der Waals surface area (Å²) in [7, 11) is 0. The van der Waals surface area contributed by atoms with Crippen LogP contribution in [0.5, 0.6) is 5.75 Å². The monoisotopic (exact) mass is 257 g/mol. The molecule has 2 rings (SSSR count). The Morgan fingerprint density at radius 1 is 1.16 bits per heavy atom. The van der Waals surface area contributed by atoms with Crippen LogP contribution in [0, 0.1) is 0 Å². The minimum atomic E-state index is 0.771. The summed E-state index contributed by atoms with van der Waals surface area (Å²) in [6.07, 6.45) is 4.62. The van der Waals surface area contributed by atoms with Crippen molar-refractivity contribution in [3.63, 3.8) is 0 Å². The molecule has 2 heteroatoms. The molecule has 0 fully saturated rings. The zero-order valence-corrected chi connectivity index (χ0v) is 12.1. The van der Waals surface area contributed by atoms with Gasteiger partial charge in [0.1, 0.15) is 0 Å². The van der Waals surface area contributed by atoms with Gasteiger partial charge >= 0.3 is 0 Å². The predicted octanol–water partition coefficient (Wildman–Crippen LogP) is 4.91. The van der Waals surface area contributed by atoms with Crippen molar-refractivity contribution in [1.29, 1.82) is 0 Å². The van der Waals surface area contributed by atoms with Crippen molar-refractivity contribution in [1.82, 2.24) is 0 Å². The third-order valence-electron chi connectivity index (χ3n) is 2.75. The van der Waals surface area contributed by atoms with Crippen molar-refractivity contribution in [2.24, 2.45) is 0 Å². The highest BCUT2D eigenvalue weighted by molar-refractivity contribution is 5.67. The molecule has 1 heterocycles. The van der Waals surface area contributed by atoms with Gasteiger partial charge in [0.05, 0.1) is 11.4 Å². The molecule has 0 spiro atoms. The molecule has 1 aliphatic heterocycles. The lowest BCUT2D eigenvalue weighted by atomic mass is 10.1.